The van der Waals surface area contributed by atoms with Gasteiger partial charge in [-0.2, -0.15) is 0 Å². The third-order valence-corrected chi connectivity index (χ3v) is 9.09. The predicted octanol–water partition coefficient (Wildman–Crippen LogP) is 3.82. The van der Waals surface area contributed by atoms with Gasteiger partial charge in [0.05, 0.1) is 12.5 Å². The Kier molecular flexibility index (Phi) is 15.4. The molecular formula is C35H51Cl2N5O5. The maximum absolute atomic E-state index is 14.2. The number of benzene rings is 2. The molecule has 3 amide bonds. The van der Waals surface area contributed by atoms with Crippen LogP contribution in [0.25, 0.3) is 0 Å². The molecule has 2 aromatic rings. The van der Waals surface area contributed by atoms with Crippen LogP contribution in [0.15, 0.2) is 42.5 Å². The molecule has 2 heterocycles. The molecule has 0 saturated heterocycles. The number of aryl methyl sites for hydroxylation is 1. The van der Waals surface area contributed by atoms with Crippen molar-refractivity contribution in [2.75, 3.05) is 64.4 Å². The molecule has 1 aliphatic carbocycles. The molecule has 4 N–H and O–H groups in total. The van der Waals surface area contributed by atoms with Crippen molar-refractivity contribution in [1.82, 2.24) is 21.3 Å². The number of ether oxygens (including phenoxy) is 2. The van der Waals surface area contributed by atoms with Crippen LogP contribution in [0, 0.1) is 11.3 Å². The summed E-state index contributed by atoms with van der Waals surface area (Å²) in [5, 5.41) is 12.5. The Morgan fingerprint density at radius 2 is 1.85 bits per heavy atom. The first kappa shape index (κ1) is 38.2. The number of anilines is 1. The molecule has 1 fully saturated rings. The van der Waals surface area contributed by atoms with Gasteiger partial charge in [-0.15, -0.1) is 24.8 Å². The normalized spacial score (nSPS) is 20.7. The van der Waals surface area contributed by atoms with Gasteiger partial charge in [0, 0.05) is 51.4 Å². The Balaban J connectivity index is 0.00000300. The summed E-state index contributed by atoms with van der Waals surface area (Å²) >= 11 is 0. The van der Waals surface area contributed by atoms with Crippen molar-refractivity contribution in [3.8, 4) is 11.5 Å². The van der Waals surface area contributed by atoms with Gasteiger partial charge < -0.3 is 35.6 Å². The second-order valence-corrected chi connectivity index (χ2v) is 12.7. The summed E-state index contributed by atoms with van der Waals surface area (Å²) in [7, 11) is 1.56. The van der Waals surface area contributed by atoms with Gasteiger partial charge >= 0.3 is 0 Å². The Hall–Kier alpha value is -3.21. The van der Waals surface area contributed by atoms with E-state index in [0.717, 1.165) is 50.8 Å². The maximum atomic E-state index is 14.2. The molecule has 2 aromatic carbocycles. The molecule has 0 aromatic heterocycles. The number of nitrogens with zero attached hydrogens (tertiary/aromatic N) is 1. The minimum Gasteiger partial charge on any atom is -0.493 e. The molecule has 1 atom stereocenters. The highest BCUT2D eigenvalue weighted by atomic mass is 35.5. The molecule has 47 heavy (non-hydrogen) atoms. The van der Waals surface area contributed by atoms with Crippen molar-refractivity contribution in [2.24, 2.45) is 11.3 Å². The second-order valence-electron chi connectivity index (χ2n) is 12.7. The average molecular weight is 693 g/mol. The third-order valence-electron chi connectivity index (χ3n) is 9.09. The van der Waals surface area contributed by atoms with Crippen LogP contribution in [0.1, 0.15) is 56.1 Å². The number of rotatable bonds is 8. The van der Waals surface area contributed by atoms with Crippen LogP contribution in [0.2, 0.25) is 0 Å². The van der Waals surface area contributed by atoms with Gasteiger partial charge in [-0.05, 0) is 80.3 Å². The Labute approximate surface area is 291 Å². The molecule has 12 heteroatoms. The lowest BCUT2D eigenvalue weighted by Crippen LogP contribution is -2.50. The number of carbonyl (C=O) groups excluding carboxylic acids is 3. The smallest absolute Gasteiger partial charge is 0.257 e. The van der Waals surface area contributed by atoms with Gasteiger partial charge in [0.15, 0.2) is 18.1 Å². The minimum atomic E-state index is -0.818. The molecule has 5 rings (SSSR count). The highest BCUT2D eigenvalue weighted by Gasteiger charge is 2.43. The summed E-state index contributed by atoms with van der Waals surface area (Å²) < 4.78 is 11.4. The van der Waals surface area contributed by atoms with E-state index in [4.69, 9.17) is 9.47 Å². The van der Waals surface area contributed by atoms with Crippen LogP contribution in [0.5, 0.6) is 11.5 Å². The van der Waals surface area contributed by atoms with Crippen molar-refractivity contribution < 1.29 is 23.9 Å². The first-order chi connectivity index (χ1) is 22.0. The van der Waals surface area contributed by atoms with E-state index in [2.05, 4.69) is 50.4 Å². The van der Waals surface area contributed by atoms with Crippen LogP contribution < -0.4 is 35.6 Å². The van der Waals surface area contributed by atoms with Crippen molar-refractivity contribution >= 4 is 48.2 Å². The lowest BCUT2D eigenvalue weighted by molar-refractivity contribution is -0.132. The highest BCUT2D eigenvalue weighted by Crippen LogP contribution is 2.43. The molecule has 0 radical (unpaired) electrons. The molecule has 0 spiro atoms. The number of fused-ring (bicyclic) bond motifs is 3. The Bertz CT molecular complexity index is 1330. The van der Waals surface area contributed by atoms with E-state index in [1.807, 2.05) is 18.2 Å². The van der Waals surface area contributed by atoms with Gasteiger partial charge in [0.2, 0.25) is 11.8 Å². The van der Waals surface area contributed by atoms with Crippen molar-refractivity contribution in [3.63, 3.8) is 0 Å². The van der Waals surface area contributed by atoms with E-state index in [0.29, 0.717) is 69.3 Å². The van der Waals surface area contributed by atoms with E-state index in [9.17, 15) is 14.4 Å². The monoisotopic (exact) mass is 691 g/mol. The highest BCUT2D eigenvalue weighted by molar-refractivity contribution is 5.86. The largest absolute Gasteiger partial charge is 0.493 e. The average Bonchev–Trinajstić information content (AvgIpc) is 3.87. The molecule has 2 aliphatic heterocycles. The van der Waals surface area contributed by atoms with E-state index >= 15 is 0 Å². The van der Waals surface area contributed by atoms with Crippen LogP contribution in [0.3, 0.4) is 0 Å². The molecule has 10 nitrogen and oxygen atoms in total. The SMILES string of the molecule is COc1ccc2cc1OCC(=O)NCCNCCCC(=O)NCC(CC1CC1)(C(=O)NCCCN1CCCc3ccccc31)C2.Cl.Cl. The zero-order chi connectivity index (χ0) is 31.5. The number of para-hydroxylation sites is 1. The molecule has 3 aliphatic rings. The molecule has 1 saturated carbocycles. The summed E-state index contributed by atoms with van der Waals surface area (Å²) in [6.07, 6.45) is 7.45. The lowest BCUT2D eigenvalue weighted by Gasteiger charge is -2.34. The van der Waals surface area contributed by atoms with Gasteiger partial charge in [-0.25, -0.2) is 0 Å². The number of hydrogen-bond acceptors (Lipinski definition) is 7. The Morgan fingerprint density at radius 3 is 2.66 bits per heavy atom. The third kappa shape index (κ3) is 11.2. The lowest BCUT2D eigenvalue weighted by atomic mass is 9.75. The Morgan fingerprint density at radius 1 is 1.02 bits per heavy atom. The quantitative estimate of drug-likeness (QED) is 0.311. The number of hydrogen-bond donors (Lipinski definition) is 4. The number of amides is 3. The fourth-order valence-electron chi connectivity index (χ4n) is 6.51. The maximum Gasteiger partial charge on any atom is 0.257 e. The van der Waals surface area contributed by atoms with Crippen molar-refractivity contribution in [3.05, 3.63) is 53.6 Å². The van der Waals surface area contributed by atoms with Crippen LogP contribution in [-0.4, -0.2) is 77.3 Å². The standard InChI is InChI=1S/C35H49N5O5.2ClH/c1-44-30-14-13-27-21-31(30)45-24-33(42)37-18-17-36-15-4-10-32(41)39-25-35(23-27,22-26-11-12-26)34(43)38-16-6-20-40-19-5-8-28-7-2-3-9-29(28)40;;/h2-3,7,9,13-14,21,26,36H,4-6,8,10-12,15-20,22-25H2,1H3,(H,37,42)(H,38,43)(H,39,41);2*1H. The first-order valence-corrected chi connectivity index (χ1v) is 16.6. The number of nitrogens with one attached hydrogen (secondary N) is 4. The van der Waals surface area contributed by atoms with E-state index < -0.39 is 5.41 Å². The predicted molar refractivity (Wildman–Crippen MR) is 189 cm³/mol. The summed E-state index contributed by atoms with van der Waals surface area (Å²) in [4.78, 5) is 42.0. The summed E-state index contributed by atoms with van der Waals surface area (Å²) in [6, 6.07) is 14.2. The summed E-state index contributed by atoms with van der Waals surface area (Å²) in [5.74, 6) is 1.13. The van der Waals surface area contributed by atoms with E-state index in [-0.39, 0.29) is 55.7 Å². The molecule has 260 valence electrons. The van der Waals surface area contributed by atoms with Crippen LogP contribution in [0.4, 0.5) is 5.69 Å². The van der Waals surface area contributed by atoms with Crippen LogP contribution >= 0.6 is 24.8 Å². The number of carbonyl (C=O) groups is 3. The molecule has 1 unspecified atom stereocenters. The fraction of sp³-hybridized carbons (Fsp3) is 0.571. The minimum absolute atomic E-state index is 0. The summed E-state index contributed by atoms with van der Waals surface area (Å²) in [5.41, 5.74) is 2.77. The van der Waals surface area contributed by atoms with Crippen molar-refractivity contribution in [1.29, 1.82) is 0 Å². The van der Waals surface area contributed by atoms with Crippen LogP contribution in [-0.2, 0) is 27.2 Å². The number of halogens is 2. The zero-order valence-electron chi connectivity index (χ0n) is 27.4. The van der Waals surface area contributed by atoms with Gasteiger partial charge in [0.25, 0.3) is 5.91 Å². The van der Waals surface area contributed by atoms with Gasteiger partial charge in [-0.1, -0.05) is 37.1 Å². The topological polar surface area (TPSA) is 121 Å². The summed E-state index contributed by atoms with van der Waals surface area (Å²) in [6.45, 7) is 4.34. The molecule has 2 bridgehead atoms. The second kappa shape index (κ2) is 19.0. The van der Waals surface area contributed by atoms with E-state index in [1.165, 1.54) is 11.3 Å². The first-order valence-electron chi connectivity index (χ1n) is 16.6. The zero-order valence-corrected chi connectivity index (χ0v) is 29.1. The van der Waals surface area contributed by atoms with Crippen molar-refractivity contribution in [2.45, 2.75) is 57.8 Å². The van der Waals surface area contributed by atoms with Gasteiger partial charge in [0.1, 0.15) is 0 Å². The van der Waals surface area contributed by atoms with Gasteiger partial charge in [-0.3, -0.25) is 14.4 Å². The number of methoxy groups -OCH3 is 1. The fourth-order valence-corrected chi connectivity index (χ4v) is 6.51. The molecular weight excluding hydrogens is 641 g/mol. The van der Waals surface area contributed by atoms with E-state index in [1.54, 1.807) is 7.11 Å².